The number of hydrogen-bond donors (Lipinski definition) is 1. The Bertz CT molecular complexity index is 912. The number of carbonyl (C=O) groups excluding carboxylic acids is 1. The third kappa shape index (κ3) is 4.33. The zero-order valence-electron chi connectivity index (χ0n) is 15.2. The van der Waals surface area contributed by atoms with Gasteiger partial charge in [0.05, 0.1) is 12.1 Å². The van der Waals surface area contributed by atoms with Crippen LogP contribution < -0.4 is 5.32 Å². The summed E-state index contributed by atoms with van der Waals surface area (Å²) in [6.45, 7) is 4.12. The Hall–Kier alpha value is -2.59. The number of carbonyl (C=O) groups is 1. The number of anilines is 1. The molecule has 0 saturated carbocycles. The summed E-state index contributed by atoms with van der Waals surface area (Å²) in [5.74, 6) is -0.0426. The van der Waals surface area contributed by atoms with Gasteiger partial charge < -0.3 is 5.32 Å². The van der Waals surface area contributed by atoms with Gasteiger partial charge in [0.25, 0.3) is 0 Å². The van der Waals surface area contributed by atoms with E-state index in [0.29, 0.717) is 11.4 Å². The monoisotopic (exact) mass is 367 g/mol. The van der Waals surface area contributed by atoms with Crippen molar-refractivity contribution in [2.45, 2.75) is 26.7 Å². The smallest absolute Gasteiger partial charge is 0.228 e. The molecule has 1 heterocycles. The van der Waals surface area contributed by atoms with Crippen molar-refractivity contribution < 1.29 is 4.79 Å². The second kappa shape index (κ2) is 7.75. The molecule has 5 heteroatoms. The van der Waals surface area contributed by atoms with Gasteiger partial charge in [-0.15, -0.1) is 0 Å². The van der Waals surface area contributed by atoms with Gasteiger partial charge in [0, 0.05) is 35.4 Å². The maximum absolute atomic E-state index is 12.2. The number of amides is 1. The number of nitrogens with zero attached hydrogens (tertiary/aromatic N) is 2. The molecular weight excluding hydrogens is 346 g/mol. The minimum Gasteiger partial charge on any atom is -0.326 e. The van der Waals surface area contributed by atoms with Gasteiger partial charge in [-0.3, -0.25) is 9.48 Å². The number of nitrogens with one attached hydrogen (secondary N) is 1. The number of hydrogen-bond acceptors (Lipinski definition) is 2. The molecule has 0 atom stereocenters. The molecule has 3 aromatic rings. The summed E-state index contributed by atoms with van der Waals surface area (Å²) in [4.78, 5) is 12.2. The van der Waals surface area contributed by atoms with E-state index in [-0.39, 0.29) is 5.91 Å². The van der Waals surface area contributed by atoms with Gasteiger partial charge in [-0.2, -0.15) is 5.10 Å². The Kier molecular flexibility index (Phi) is 5.43. The van der Waals surface area contributed by atoms with Crippen LogP contribution in [0.4, 0.5) is 5.69 Å². The van der Waals surface area contributed by atoms with Crippen molar-refractivity contribution in [3.63, 3.8) is 0 Å². The third-order valence-electron chi connectivity index (χ3n) is 4.56. The first-order valence-corrected chi connectivity index (χ1v) is 8.92. The van der Waals surface area contributed by atoms with Crippen LogP contribution in [0.5, 0.6) is 0 Å². The minimum atomic E-state index is -0.0426. The highest BCUT2D eigenvalue weighted by Crippen LogP contribution is 2.19. The molecule has 0 aliphatic heterocycles. The molecule has 3 rings (SSSR count). The van der Waals surface area contributed by atoms with Gasteiger partial charge in [-0.25, -0.2) is 0 Å². The SMILES string of the molecule is Cc1nn(C)c(C)c1Cc1ccc(NC(=O)Cc2ccc(Cl)cc2)cc1. The van der Waals surface area contributed by atoms with Gasteiger partial charge in [0.2, 0.25) is 5.91 Å². The van der Waals surface area contributed by atoms with Gasteiger partial charge in [0.1, 0.15) is 0 Å². The summed E-state index contributed by atoms with van der Waals surface area (Å²) in [7, 11) is 1.96. The van der Waals surface area contributed by atoms with Crippen LogP contribution >= 0.6 is 11.6 Å². The first kappa shape index (κ1) is 18.2. The van der Waals surface area contributed by atoms with Crippen LogP contribution in [0.3, 0.4) is 0 Å². The number of halogens is 1. The molecule has 4 nitrogen and oxygen atoms in total. The Balaban J connectivity index is 1.62. The van der Waals surface area contributed by atoms with E-state index in [1.807, 2.05) is 55.1 Å². The first-order valence-electron chi connectivity index (χ1n) is 8.54. The molecule has 0 bridgehead atoms. The highest BCUT2D eigenvalue weighted by molar-refractivity contribution is 6.30. The van der Waals surface area contributed by atoms with Crippen molar-refractivity contribution in [1.82, 2.24) is 9.78 Å². The molecule has 1 N–H and O–H groups in total. The lowest BCUT2D eigenvalue weighted by atomic mass is 10.0. The van der Waals surface area contributed by atoms with E-state index < -0.39 is 0 Å². The third-order valence-corrected chi connectivity index (χ3v) is 4.81. The normalized spacial score (nSPS) is 10.8. The highest BCUT2D eigenvalue weighted by Gasteiger charge is 2.10. The average Bonchev–Trinajstić information content (AvgIpc) is 2.85. The number of aryl methyl sites for hydroxylation is 2. The zero-order valence-corrected chi connectivity index (χ0v) is 16.0. The van der Waals surface area contributed by atoms with Crippen LogP contribution in [0.25, 0.3) is 0 Å². The minimum absolute atomic E-state index is 0.0426. The average molecular weight is 368 g/mol. The Morgan fingerprint density at radius 1 is 1.04 bits per heavy atom. The fraction of sp³-hybridized carbons (Fsp3) is 0.238. The summed E-state index contributed by atoms with van der Waals surface area (Å²) in [5.41, 5.74) is 6.43. The molecule has 0 aliphatic carbocycles. The molecule has 1 aromatic heterocycles. The van der Waals surface area contributed by atoms with E-state index in [9.17, 15) is 4.79 Å². The highest BCUT2D eigenvalue weighted by atomic mass is 35.5. The van der Waals surface area contributed by atoms with Crippen LogP contribution in [-0.2, 0) is 24.7 Å². The topological polar surface area (TPSA) is 46.9 Å². The fourth-order valence-electron chi connectivity index (χ4n) is 2.98. The van der Waals surface area contributed by atoms with Crippen molar-refractivity contribution in [3.05, 3.63) is 81.6 Å². The van der Waals surface area contributed by atoms with Crippen molar-refractivity contribution in [2.24, 2.45) is 7.05 Å². The van der Waals surface area contributed by atoms with E-state index in [0.717, 1.165) is 23.4 Å². The molecule has 0 radical (unpaired) electrons. The number of aromatic nitrogens is 2. The maximum atomic E-state index is 12.2. The molecule has 2 aromatic carbocycles. The molecule has 26 heavy (non-hydrogen) atoms. The van der Waals surface area contributed by atoms with Crippen molar-refractivity contribution in [2.75, 3.05) is 5.32 Å². The molecule has 0 saturated heterocycles. The predicted octanol–water partition coefficient (Wildman–Crippen LogP) is 4.46. The van der Waals surface area contributed by atoms with E-state index in [4.69, 9.17) is 11.6 Å². The second-order valence-electron chi connectivity index (χ2n) is 6.50. The Morgan fingerprint density at radius 3 is 2.23 bits per heavy atom. The Labute approximate surface area is 158 Å². The quantitative estimate of drug-likeness (QED) is 0.723. The van der Waals surface area contributed by atoms with Gasteiger partial charge in [0.15, 0.2) is 0 Å². The summed E-state index contributed by atoms with van der Waals surface area (Å²) in [6.07, 6.45) is 1.16. The van der Waals surface area contributed by atoms with Crippen LogP contribution in [-0.4, -0.2) is 15.7 Å². The standard InChI is InChI=1S/C21H22ClN3O/c1-14-20(15(2)25(3)24-14)12-16-6-10-19(11-7-16)23-21(26)13-17-4-8-18(22)9-5-17/h4-11H,12-13H2,1-3H3,(H,23,26). The first-order chi connectivity index (χ1) is 12.4. The summed E-state index contributed by atoms with van der Waals surface area (Å²) in [6, 6.07) is 15.3. The lowest BCUT2D eigenvalue weighted by Crippen LogP contribution is -2.14. The van der Waals surface area contributed by atoms with E-state index in [2.05, 4.69) is 17.3 Å². The molecule has 1 amide bonds. The summed E-state index contributed by atoms with van der Waals surface area (Å²) in [5, 5.41) is 8.07. The van der Waals surface area contributed by atoms with Crippen molar-refractivity contribution in [1.29, 1.82) is 0 Å². The van der Waals surface area contributed by atoms with Crippen LogP contribution in [0.15, 0.2) is 48.5 Å². The molecule has 0 fully saturated rings. The molecule has 0 spiro atoms. The molecule has 0 aliphatic rings. The van der Waals surface area contributed by atoms with Crippen molar-refractivity contribution >= 4 is 23.2 Å². The molecule has 0 unspecified atom stereocenters. The van der Waals surface area contributed by atoms with Gasteiger partial charge in [-0.05, 0) is 49.2 Å². The lowest BCUT2D eigenvalue weighted by molar-refractivity contribution is -0.115. The van der Waals surface area contributed by atoms with E-state index >= 15 is 0 Å². The van der Waals surface area contributed by atoms with Crippen LogP contribution in [0, 0.1) is 13.8 Å². The molecule has 134 valence electrons. The van der Waals surface area contributed by atoms with Crippen LogP contribution in [0.2, 0.25) is 5.02 Å². The Morgan fingerprint density at radius 2 is 1.65 bits per heavy atom. The fourth-order valence-corrected chi connectivity index (χ4v) is 3.10. The maximum Gasteiger partial charge on any atom is 0.228 e. The number of benzene rings is 2. The second-order valence-corrected chi connectivity index (χ2v) is 6.93. The molecular formula is C21H22ClN3O. The summed E-state index contributed by atoms with van der Waals surface area (Å²) >= 11 is 5.87. The predicted molar refractivity (Wildman–Crippen MR) is 106 cm³/mol. The van der Waals surface area contributed by atoms with E-state index in [1.54, 1.807) is 12.1 Å². The van der Waals surface area contributed by atoms with Crippen LogP contribution in [0.1, 0.15) is 28.1 Å². The zero-order chi connectivity index (χ0) is 18.7. The summed E-state index contributed by atoms with van der Waals surface area (Å²) < 4.78 is 1.91. The van der Waals surface area contributed by atoms with Gasteiger partial charge in [-0.1, -0.05) is 35.9 Å². The van der Waals surface area contributed by atoms with Crippen molar-refractivity contribution in [3.8, 4) is 0 Å². The van der Waals surface area contributed by atoms with E-state index in [1.165, 1.54) is 16.8 Å². The van der Waals surface area contributed by atoms with Gasteiger partial charge >= 0.3 is 0 Å². The number of rotatable bonds is 5. The lowest BCUT2D eigenvalue weighted by Gasteiger charge is -2.08. The largest absolute Gasteiger partial charge is 0.326 e.